The van der Waals surface area contributed by atoms with E-state index in [1.807, 2.05) is 0 Å². The lowest BCUT2D eigenvalue weighted by Gasteiger charge is -2.47. The third-order valence-corrected chi connectivity index (χ3v) is 9.36. The molecule has 20 heteroatoms. The fourth-order valence-corrected chi connectivity index (χ4v) is 6.14. The minimum Gasteiger partial charge on any atom is -0.504 e. The fourth-order valence-electron chi connectivity index (χ4n) is 6.14. The summed E-state index contributed by atoms with van der Waals surface area (Å²) < 4.78 is 40.2. The van der Waals surface area contributed by atoms with Crippen molar-refractivity contribution in [1.82, 2.24) is 0 Å². The molecule has 55 heavy (non-hydrogen) atoms. The average Bonchev–Trinajstić information content (AvgIpc) is 3.16. The summed E-state index contributed by atoms with van der Waals surface area (Å²) in [5.74, 6) is -2.71. The molecule has 3 saturated heterocycles. The maximum absolute atomic E-state index is 13.3. The molecular weight excluding hydrogens is 740 g/mol. The molecule has 306 valence electrons. The first-order valence-corrected chi connectivity index (χ1v) is 17.2. The zero-order valence-corrected chi connectivity index (χ0v) is 29.2. The van der Waals surface area contributed by atoms with Crippen LogP contribution >= 0.6 is 0 Å². The van der Waals surface area contributed by atoms with Crippen LogP contribution in [0, 0.1) is 0 Å². The lowest BCUT2D eigenvalue weighted by atomic mass is 9.96. The Bertz CT molecular complexity index is 1610. The minimum atomic E-state index is -1.88. The van der Waals surface area contributed by atoms with Gasteiger partial charge in [0.05, 0.1) is 25.9 Å². The predicted octanol–water partition coefficient (Wildman–Crippen LogP) is -3.19. The van der Waals surface area contributed by atoms with Gasteiger partial charge in [0.25, 0.3) is 0 Å². The number of hydrogen-bond acceptors (Lipinski definition) is 20. The number of ether oxygens (including phenoxy) is 7. The monoisotopic (exact) mass is 786 g/mol. The Morgan fingerprint density at radius 2 is 1.29 bits per heavy atom. The van der Waals surface area contributed by atoms with E-state index in [9.17, 15) is 66.1 Å². The molecule has 0 aliphatic carbocycles. The second-order valence-electron chi connectivity index (χ2n) is 13.3. The number of phenolic OH excluding ortho intramolecular Hbond substituents is 4. The van der Waals surface area contributed by atoms with Crippen molar-refractivity contribution >= 4 is 12.0 Å². The van der Waals surface area contributed by atoms with Crippen LogP contribution in [0.3, 0.4) is 0 Å². The van der Waals surface area contributed by atoms with Crippen LogP contribution in [0.1, 0.15) is 18.1 Å². The molecule has 12 N–H and O–H groups in total. The summed E-state index contributed by atoms with van der Waals surface area (Å²) in [6, 6.07) is 7.75. The first-order chi connectivity index (χ1) is 26.1. The molecule has 15 atom stereocenters. The summed E-state index contributed by atoms with van der Waals surface area (Å²) in [7, 11) is 0. The molecule has 0 spiro atoms. The molecule has 2 aromatic carbocycles. The highest BCUT2D eigenvalue weighted by molar-refractivity contribution is 5.87. The Morgan fingerprint density at radius 1 is 0.673 bits per heavy atom. The maximum Gasteiger partial charge on any atom is 0.331 e. The van der Waals surface area contributed by atoms with Gasteiger partial charge in [-0.1, -0.05) is 12.1 Å². The van der Waals surface area contributed by atoms with Crippen LogP contribution in [0.25, 0.3) is 6.08 Å². The van der Waals surface area contributed by atoms with Crippen LogP contribution in [0.4, 0.5) is 0 Å². The summed E-state index contributed by atoms with van der Waals surface area (Å²) in [6.07, 6.45) is -22.6. The second-order valence-corrected chi connectivity index (χ2v) is 13.3. The van der Waals surface area contributed by atoms with E-state index in [4.69, 9.17) is 33.2 Å². The van der Waals surface area contributed by atoms with Gasteiger partial charge in [-0.05, 0) is 54.8 Å². The first-order valence-electron chi connectivity index (χ1n) is 17.2. The largest absolute Gasteiger partial charge is 0.504 e. The zero-order chi connectivity index (χ0) is 40.1. The quantitative estimate of drug-likeness (QED) is 0.0541. The lowest BCUT2D eigenvalue weighted by Crippen LogP contribution is -2.65. The number of aromatic hydroxyl groups is 4. The third kappa shape index (κ3) is 10.0. The number of esters is 1. The van der Waals surface area contributed by atoms with Crippen molar-refractivity contribution in [2.45, 2.75) is 105 Å². The number of aliphatic hydroxyl groups excluding tert-OH is 8. The van der Waals surface area contributed by atoms with Crippen molar-refractivity contribution in [3.05, 3.63) is 53.6 Å². The Hall–Kier alpha value is -3.71. The molecule has 20 nitrogen and oxygen atoms in total. The Kier molecular flexibility index (Phi) is 14.3. The average molecular weight is 787 g/mol. The molecule has 0 unspecified atom stereocenters. The Morgan fingerprint density at radius 3 is 1.96 bits per heavy atom. The molecule has 3 aliphatic rings. The number of carbonyl (C=O) groups excluding carboxylic acids is 1. The highest BCUT2D eigenvalue weighted by Gasteiger charge is 2.53. The van der Waals surface area contributed by atoms with Gasteiger partial charge < -0.3 is 94.4 Å². The number of aliphatic hydroxyl groups is 8. The lowest BCUT2D eigenvalue weighted by molar-refractivity contribution is -0.364. The molecule has 3 fully saturated rings. The first kappa shape index (κ1) is 42.4. The predicted molar refractivity (Wildman–Crippen MR) is 180 cm³/mol. The van der Waals surface area contributed by atoms with Crippen molar-refractivity contribution in [1.29, 1.82) is 0 Å². The molecular formula is C35H46O20. The summed E-state index contributed by atoms with van der Waals surface area (Å²) in [4.78, 5) is 13.3. The van der Waals surface area contributed by atoms with Gasteiger partial charge in [0, 0.05) is 6.08 Å². The van der Waals surface area contributed by atoms with Crippen molar-refractivity contribution in [3.63, 3.8) is 0 Å². The van der Waals surface area contributed by atoms with Crippen molar-refractivity contribution in [2.24, 2.45) is 0 Å². The van der Waals surface area contributed by atoms with Gasteiger partial charge in [-0.2, -0.15) is 0 Å². The van der Waals surface area contributed by atoms with Crippen LogP contribution in [-0.4, -0.2) is 179 Å². The van der Waals surface area contributed by atoms with E-state index in [0.717, 1.165) is 12.1 Å². The van der Waals surface area contributed by atoms with E-state index in [2.05, 4.69) is 0 Å². The molecule has 0 aromatic heterocycles. The second kappa shape index (κ2) is 18.5. The number of phenols is 4. The number of rotatable bonds is 13. The molecule has 2 aromatic rings. The summed E-state index contributed by atoms with van der Waals surface area (Å²) >= 11 is 0. The van der Waals surface area contributed by atoms with E-state index in [0.29, 0.717) is 5.56 Å². The van der Waals surface area contributed by atoms with Crippen molar-refractivity contribution < 1.29 is 99.2 Å². The van der Waals surface area contributed by atoms with Crippen LogP contribution in [0.2, 0.25) is 0 Å². The van der Waals surface area contributed by atoms with E-state index in [-0.39, 0.29) is 30.1 Å². The number of hydrogen-bond donors (Lipinski definition) is 12. The van der Waals surface area contributed by atoms with E-state index in [1.54, 1.807) is 0 Å². The molecule has 5 rings (SSSR count). The van der Waals surface area contributed by atoms with Crippen LogP contribution < -0.4 is 0 Å². The molecule has 0 radical (unpaired) electrons. The van der Waals surface area contributed by atoms with Crippen molar-refractivity contribution in [2.75, 3.05) is 19.8 Å². The summed E-state index contributed by atoms with van der Waals surface area (Å²) in [6.45, 7) is -0.254. The van der Waals surface area contributed by atoms with E-state index < -0.39 is 123 Å². The van der Waals surface area contributed by atoms with E-state index >= 15 is 0 Å². The standard InChI is InChI=1S/C35H46O20/c1-14-24(42)26(44)29(47)35(51-14)55-32-30(48)34(49-9-8-16-3-6-18(38)20(40)11-16)53-22(13-50-33-28(46)27(45)25(43)21(12-36)52-33)31(32)54-23(41)7-4-15-2-5-17(37)19(39)10-15/h2-7,10-11,14,21-22,24-40,42-48H,8-9,12-13H2,1H3/b7-4+/t14-,21-,22+,24-,25-,26-,27+,28+,29-,30+,31+,32+,33-,34+,35+/m1/s1. The van der Waals surface area contributed by atoms with Gasteiger partial charge >= 0.3 is 5.97 Å². The summed E-state index contributed by atoms with van der Waals surface area (Å²) in [5.41, 5.74) is 0.773. The molecule has 3 heterocycles. The molecule has 0 saturated carbocycles. The van der Waals surface area contributed by atoms with Gasteiger partial charge in [-0.25, -0.2) is 4.79 Å². The summed E-state index contributed by atoms with van der Waals surface area (Å²) in [5, 5.41) is 123. The van der Waals surface area contributed by atoms with Gasteiger partial charge in [-0.15, -0.1) is 0 Å². The topological polar surface area (TPSA) is 324 Å². The smallest absolute Gasteiger partial charge is 0.331 e. The molecule has 0 amide bonds. The normalized spacial score (nSPS) is 36.9. The van der Waals surface area contributed by atoms with Gasteiger partial charge in [0.2, 0.25) is 0 Å². The van der Waals surface area contributed by atoms with Crippen LogP contribution in [0.15, 0.2) is 42.5 Å². The van der Waals surface area contributed by atoms with Crippen LogP contribution in [-0.2, 0) is 44.4 Å². The number of benzene rings is 2. The fraction of sp³-hybridized carbons (Fsp3) is 0.571. The number of carbonyl (C=O) groups is 1. The Balaban J connectivity index is 1.43. The SMILES string of the molecule is C[C@H]1O[C@@H](O[C@H]2[C@H](O)[C@@H](OCCc3ccc(O)c(O)c3)O[C@@H](CO[C@@H]3O[C@H](CO)[C@@H](O)[C@H](O)[C@@H]3O)[C@@H]2OC(=O)/C=C/c2ccc(O)c(O)c2)[C@H](O)[C@H](O)[C@@H]1O. The van der Waals surface area contributed by atoms with Gasteiger partial charge in [0.1, 0.15) is 61.0 Å². The van der Waals surface area contributed by atoms with E-state index in [1.165, 1.54) is 43.3 Å². The maximum atomic E-state index is 13.3. The highest BCUT2D eigenvalue weighted by Crippen LogP contribution is 2.33. The molecule has 3 aliphatic heterocycles. The van der Waals surface area contributed by atoms with Gasteiger partial charge in [-0.3, -0.25) is 0 Å². The molecule has 0 bridgehead atoms. The third-order valence-electron chi connectivity index (χ3n) is 9.36. The van der Waals surface area contributed by atoms with Gasteiger partial charge in [0.15, 0.2) is 48.0 Å². The van der Waals surface area contributed by atoms with Crippen LogP contribution in [0.5, 0.6) is 23.0 Å². The van der Waals surface area contributed by atoms with Crippen molar-refractivity contribution in [3.8, 4) is 23.0 Å². The zero-order valence-electron chi connectivity index (χ0n) is 29.2. The highest BCUT2D eigenvalue weighted by atomic mass is 16.8. The minimum absolute atomic E-state index is 0.111. The Labute approximate surface area is 313 Å².